The second kappa shape index (κ2) is 47.3. The summed E-state index contributed by atoms with van der Waals surface area (Å²) in [4.78, 5) is 33.4. The summed E-state index contributed by atoms with van der Waals surface area (Å²) in [5.41, 5.74) is 2.07. The van der Waals surface area contributed by atoms with Crippen molar-refractivity contribution in [2.75, 3.05) is 13.1 Å². The molecule has 2 aliphatic rings. The van der Waals surface area contributed by atoms with Gasteiger partial charge in [0.05, 0.1) is 17.3 Å². The summed E-state index contributed by atoms with van der Waals surface area (Å²) in [6, 6.07) is 9.85. The molecule has 1 atom stereocenters. The molecular formula is C67H117N3O4. The van der Waals surface area contributed by atoms with Crippen LogP contribution in [0.25, 0.3) is 0 Å². The van der Waals surface area contributed by atoms with Crippen LogP contribution in [0.3, 0.4) is 0 Å². The first kappa shape index (κ1) is 65.4. The van der Waals surface area contributed by atoms with E-state index in [4.69, 9.17) is 4.84 Å². The van der Waals surface area contributed by atoms with Crippen molar-refractivity contribution in [1.29, 1.82) is 5.26 Å². The van der Waals surface area contributed by atoms with Crippen LogP contribution in [-0.4, -0.2) is 46.3 Å². The molecule has 1 amide bonds. The third-order valence-corrected chi connectivity index (χ3v) is 17.0. The Labute approximate surface area is 457 Å². The summed E-state index contributed by atoms with van der Waals surface area (Å²) in [5, 5.41) is 23.3. The third kappa shape index (κ3) is 36.2. The molecule has 2 heterocycles. The zero-order valence-corrected chi connectivity index (χ0v) is 48.4. The average molecular weight is 1030 g/mol. The summed E-state index contributed by atoms with van der Waals surface area (Å²) in [6.45, 7) is 1.31. The van der Waals surface area contributed by atoms with Crippen molar-refractivity contribution in [3.05, 3.63) is 35.4 Å². The van der Waals surface area contributed by atoms with E-state index in [0.717, 1.165) is 37.0 Å². The van der Waals surface area contributed by atoms with Crippen molar-refractivity contribution in [2.45, 2.75) is 352 Å². The molecule has 1 spiro atoms. The minimum atomic E-state index is -0.846. The molecule has 0 saturated carbocycles. The van der Waals surface area contributed by atoms with Gasteiger partial charge in [-0.1, -0.05) is 313 Å². The quantitative estimate of drug-likeness (QED) is 0.316. The predicted octanol–water partition coefficient (Wildman–Crippen LogP) is 21.0. The van der Waals surface area contributed by atoms with E-state index >= 15 is 0 Å². The molecule has 7 heteroatoms. The Morgan fingerprint density at radius 1 is 0.446 bits per heavy atom. The number of hydrogen-bond donors (Lipinski definition) is 1. The number of aliphatic carboxylic acids is 1. The van der Waals surface area contributed by atoms with Gasteiger partial charge in [0.25, 0.3) is 0 Å². The number of nitriles is 1. The van der Waals surface area contributed by atoms with Gasteiger partial charge < -0.3 is 14.8 Å². The Hall–Kier alpha value is -2.88. The fourth-order valence-corrected chi connectivity index (χ4v) is 11.9. The highest BCUT2D eigenvalue weighted by atomic mass is 16.7. The van der Waals surface area contributed by atoms with Crippen molar-refractivity contribution in [1.82, 2.24) is 4.90 Å². The smallest absolute Gasteiger partial charge is 0.303 e. The van der Waals surface area contributed by atoms with Gasteiger partial charge in [-0.05, 0) is 43.4 Å². The lowest BCUT2D eigenvalue weighted by Gasteiger charge is -2.31. The van der Waals surface area contributed by atoms with E-state index in [9.17, 15) is 20.0 Å². The Morgan fingerprint density at radius 3 is 1.07 bits per heavy atom. The molecule has 0 radical (unpaired) electrons. The number of carboxylic acid groups (broad SMARTS) is 1. The molecule has 3 rings (SSSR count). The van der Waals surface area contributed by atoms with E-state index in [1.807, 2.05) is 29.2 Å². The third-order valence-electron chi connectivity index (χ3n) is 17.0. The SMILES string of the molecule is N#Cc1ccc(C2=NOC3(CCCCCCCCCCCCCCCCCCCCCCCCCCCCCCCCCCCCCCCCCCCCCCCCCCN(C(=O)CCCC(=O)O)CC3)C2)cc1. The maximum Gasteiger partial charge on any atom is 0.303 e. The Bertz CT molecular complexity index is 1540. The first-order valence-corrected chi connectivity index (χ1v) is 32.8. The number of hydrogen-bond acceptors (Lipinski definition) is 5. The van der Waals surface area contributed by atoms with Crippen LogP contribution in [0.2, 0.25) is 0 Å². The molecule has 1 aromatic carbocycles. The van der Waals surface area contributed by atoms with Crippen LogP contribution in [0.5, 0.6) is 0 Å². The molecule has 424 valence electrons. The van der Waals surface area contributed by atoms with E-state index < -0.39 is 11.6 Å². The predicted molar refractivity (Wildman–Crippen MR) is 315 cm³/mol. The van der Waals surface area contributed by atoms with Crippen LogP contribution in [0, 0.1) is 11.3 Å². The molecule has 1 fully saturated rings. The number of nitrogens with zero attached hydrogens (tertiary/aromatic N) is 3. The fraction of sp³-hybridized carbons (Fsp3) is 0.851. The van der Waals surface area contributed by atoms with E-state index in [2.05, 4.69) is 11.2 Å². The van der Waals surface area contributed by atoms with Gasteiger partial charge in [-0.3, -0.25) is 9.59 Å². The highest BCUT2D eigenvalue weighted by molar-refractivity contribution is 6.01. The zero-order chi connectivity index (χ0) is 52.5. The maximum absolute atomic E-state index is 13.6. The van der Waals surface area contributed by atoms with E-state index in [1.165, 1.54) is 289 Å². The maximum atomic E-state index is 13.6. The Kier molecular flexibility index (Phi) is 41.8. The van der Waals surface area contributed by atoms with Crippen LogP contribution in [0.15, 0.2) is 29.4 Å². The van der Waals surface area contributed by atoms with Gasteiger partial charge in [0.15, 0.2) is 0 Å². The Morgan fingerprint density at radius 2 is 0.757 bits per heavy atom. The van der Waals surface area contributed by atoms with Crippen molar-refractivity contribution in [3.63, 3.8) is 0 Å². The first-order chi connectivity index (χ1) is 36.5. The van der Waals surface area contributed by atoms with Crippen molar-refractivity contribution >= 4 is 17.6 Å². The number of carbonyl (C=O) groups excluding carboxylic acids is 1. The molecule has 74 heavy (non-hydrogen) atoms. The molecule has 1 unspecified atom stereocenters. The van der Waals surface area contributed by atoms with Crippen LogP contribution < -0.4 is 0 Å². The van der Waals surface area contributed by atoms with Crippen molar-refractivity contribution in [3.8, 4) is 6.07 Å². The number of oxime groups is 1. The molecule has 0 aromatic heterocycles. The second-order valence-electron chi connectivity index (χ2n) is 23.8. The number of rotatable bonds is 5. The molecule has 1 N–H and O–H groups in total. The van der Waals surface area contributed by atoms with E-state index in [-0.39, 0.29) is 18.7 Å². The van der Waals surface area contributed by atoms with Gasteiger partial charge in [-0.25, -0.2) is 0 Å². The highest BCUT2D eigenvalue weighted by Crippen LogP contribution is 2.36. The normalized spacial score (nSPS) is 23.2. The number of carbonyl (C=O) groups is 2. The lowest BCUT2D eigenvalue weighted by molar-refractivity contribution is -0.137. The molecule has 7 nitrogen and oxygen atoms in total. The van der Waals surface area contributed by atoms with Gasteiger partial charge in [-0.15, -0.1) is 0 Å². The first-order valence-electron chi connectivity index (χ1n) is 32.8. The number of carboxylic acids is 1. The van der Waals surface area contributed by atoms with E-state index in [0.29, 0.717) is 37.9 Å². The topological polar surface area (TPSA) is 103 Å². The van der Waals surface area contributed by atoms with Crippen LogP contribution in [-0.2, 0) is 14.4 Å². The zero-order valence-electron chi connectivity index (χ0n) is 48.4. The highest BCUT2D eigenvalue weighted by Gasteiger charge is 2.39. The molecule has 1 aromatic rings. The Balaban J connectivity index is 1.40. The summed E-state index contributed by atoms with van der Waals surface area (Å²) < 4.78 is 0. The van der Waals surface area contributed by atoms with E-state index in [1.54, 1.807) is 0 Å². The van der Waals surface area contributed by atoms with Gasteiger partial charge >= 0.3 is 5.97 Å². The number of benzene rings is 1. The molecule has 2 aliphatic heterocycles. The van der Waals surface area contributed by atoms with Gasteiger partial charge in [0.1, 0.15) is 5.60 Å². The molecule has 1 saturated heterocycles. The van der Waals surface area contributed by atoms with Gasteiger partial charge in [0, 0.05) is 38.8 Å². The van der Waals surface area contributed by atoms with Crippen molar-refractivity contribution in [2.24, 2.45) is 5.16 Å². The lowest BCUT2D eigenvalue weighted by Crippen LogP contribution is -2.39. The fourth-order valence-electron chi connectivity index (χ4n) is 11.9. The molecular weight excluding hydrogens is 911 g/mol. The van der Waals surface area contributed by atoms with Gasteiger partial charge in [-0.2, -0.15) is 5.26 Å². The minimum absolute atomic E-state index is 0.0222. The summed E-state index contributed by atoms with van der Waals surface area (Å²) >= 11 is 0. The largest absolute Gasteiger partial charge is 0.481 e. The lowest BCUT2D eigenvalue weighted by atomic mass is 9.85. The summed E-state index contributed by atoms with van der Waals surface area (Å²) in [5.74, 6) is -0.784. The minimum Gasteiger partial charge on any atom is -0.481 e. The van der Waals surface area contributed by atoms with Crippen LogP contribution in [0.1, 0.15) is 358 Å². The summed E-state index contributed by atoms with van der Waals surface area (Å²) in [6.07, 6.45) is 69.4. The second-order valence-corrected chi connectivity index (χ2v) is 23.8. The monoisotopic (exact) mass is 1030 g/mol. The summed E-state index contributed by atoms with van der Waals surface area (Å²) in [7, 11) is 0. The number of amides is 1. The molecule has 0 bridgehead atoms. The van der Waals surface area contributed by atoms with Gasteiger partial charge in [0.2, 0.25) is 5.91 Å². The molecule has 0 aliphatic carbocycles. The average Bonchev–Trinajstić information content (AvgIpc) is 3.83. The standard InChI is InChI=1S/C67H117N3O4/c68-61-62-52-54-63(55-53-62)64-60-67(74-69-64)56-47-45-43-41-39-37-35-33-31-29-27-25-23-21-19-17-15-13-11-9-7-5-3-1-2-4-6-8-10-12-14-16-18-20-22-24-26-28-30-32-34-36-38-40-42-44-46-48-58-70(59-57-67)65(71)50-49-51-66(72)73/h52-55H,1-51,56-60H2,(H,72,73). The van der Waals surface area contributed by atoms with Crippen molar-refractivity contribution < 1.29 is 19.5 Å². The van der Waals surface area contributed by atoms with Crippen LogP contribution in [0.4, 0.5) is 0 Å². The van der Waals surface area contributed by atoms with Crippen LogP contribution >= 0.6 is 0 Å².